The van der Waals surface area contributed by atoms with Crippen LogP contribution >= 0.6 is 22.9 Å². The van der Waals surface area contributed by atoms with Crippen molar-refractivity contribution in [3.05, 3.63) is 59.0 Å². The molecule has 0 aliphatic rings. The van der Waals surface area contributed by atoms with Crippen LogP contribution in [0.2, 0.25) is 5.02 Å². The summed E-state index contributed by atoms with van der Waals surface area (Å²) >= 11 is 7.59. The Morgan fingerprint density at radius 3 is 3.04 bits per heavy atom. The molecule has 4 rings (SSSR count). The lowest BCUT2D eigenvalue weighted by molar-refractivity contribution is 0.574. The number of rotatable bonds is 4. The molecule has 0 amide bonds. The average molecular weight is 343 g/mol. The van der Waals surface area contributed by atoms with Crippen LogP contribution in [0.4, 0.5) is 5.82 Å². The molecule has 0 atom stereocenters. The smallest absolute Gasteiger partial charge is 0.236 e. The Bertz CT molecular complexity index is 952. The van der Waals surface area contributed by atoms with Crippen LogP contribution in [-0.4, -0.2) is 15.0 Å². The lowest BCUT2D eigenvalue weighted by atomic mass is 10.2. The van der Waals surface area contributed by atoms with Crippen LogP contribution in [0.1, 0.15) is 5.69 Å². The monoisotopic (exact) mass is 342 g/mol. The van der Waals surface area contributed by atoms with Crippen molar-refractivity contribution in [3.63, 3.8) is 0 Å². The first-order valence-electron chi connectivity index (χ1n) is 6.92. The summed E-state index contributed by atoms with van der Waals surface area (Å²) in [6.45, 7) is 0.517. The maximum absolute atomic E-state index is 5.99. The molecule has 3 heterocycles. The van der Waals surface area contributed by atoms with Gasteiger partial charge < -0.3 is 9.73 Å². The fourth-order valence-electron chi connectivity index (χ4n) is 2.25. The first-order chi connectivity index (χ1) is 11.3. The van der Waals surface area contributed by atoms with Gasteiger partial charge in [-0.15, -0.1) is 11.3 Å². The first kappa shape index (κ1) is 14.2. The Morgan fingerprint density at radius 1 is 1.22 bits per heavy atom. The molecule has 0 spiro atoms. The van der Waals surface area contributed by atoms with Crippen LogP contribution in [0, 0.1) is 0 Å². The molecule has 23 heavy (non-hydrogen) atoms. The molecule has 0 unspecified atom stereocenters. The number of hydrogen-bond acceptors (Lipinski definition) is 6. The number of hydrogen-bond donors (Lipinski definition) is 1. The van der Waals surface area contributed by atoms with Crippen LogP contribution in [0.25, 0.3) is 21.7 Å². The topological polar surface area (TPSA) is 63.8 Å². The van der Waals surface area contributed by atoms with Gasteiger partial charge in [-0.05, 0) is 29.6 Å². The molecule has 5 nitrogen and oxygen atoms in total. The number of nitrogens with one attached hydrogen (secondary N) is 1. The van der Waals surface area contributed by atoms with Crippen molar-refractivity contribution in [3.8, 4) is 10.8 Å². The number of oxazole rings is 1. The Morgan fingerprint density at radius 2 is 2.17 bits per heavy atom. The SMILES string of the molecule is Clc1ccc2c(NCc3coc(-c4cccs4)n3)ncnc2c1. The predicted molar refractivity (Wildman–Crippen MR) is 91.7 cm³/mol. The molecule has 0 saturated heterocycles. The molecular weight excluding hydrogens is 332 g/mol. The molecule has 0 bridgehead atoms. The fraction of sp³-hybridized carbons (Fsp3) is 0.0625. The molecule has 0 aliphatic carbocycles. The molecular formula is C16H11ClN4OS. The number of thiophene rings is 1. The van der Waals surface area contributed by atoms with E-state index in [-0.39, 0.29) is 0 Å². The van der Waals surface area contributed by atoms with Crippen molar-refractivity contribution >= 4 is 39.7 Å². The zero-order valence-electron chi connectivity index (χ0n) is 11.9. The molecule has 1 aromatic carbocycles. The maximum atomic E-state index is 5.99. The van der Waals surface area contributed by atoms with Crippen LogP contribution in [0.5, 0.6) is 0 Å². The number of aromatic nitrogens is 3. The number of anilines is 1. The normalized spacial score (nSPS) is 11.0. The number of fused-ring (bicyclic) bond motifs is 1. The van der Waals surface area contributed by atoms with Crippen LogP contribution in [0.15, 0.2) is 52.7 Å². The van der Waals surface area contributed by atoms with Gasteiger partial charge in [-0.25, -0.2) is 15.0 Å². The number of nitrogens with zero attached hydrogens (tertiary/aromatic N) is 3. The predicted octanol–water partition coefficient (Wildman–Crippen LogP) is 4.61. The standard InChI is InChI=1S/C16H11ClN4OS/c17-10-3-4-12-13(6-10)19-9-20-15(12)18-7-11-8-22-16(21-11)14-2-1-5-23-14/h1-6,8-9H,7H2,(H,18,19,20). The highest BCUT2D eigenvalue weighted by atomic mass is 35.5. The van der Waals surface area contributed by atoms with E-state index in [0.29, 0.717) is 17.5 Å². The highest BCUT2D eigenvalue weighted by Crippen LogP contribution is 2.25. The Balaban J connectivity index is 1.55. The number of halogens is 1. The summed E-state index contributed by atoms with van der Waals surface area (Å²) in [5, 5.41) is 6.83. The molecule has 114 valence electrons. The van der Waals surface area contributed by atoms with Gasteiger partial charge in [0.05, 0.1) is 22.6 Å². The van der Waals surface area contributed by atoms with Crippen molar-refractivity contribution in [1.29, 1.82) is 0 Å². The summed E-state index contributed by atoms with van der Waals surface area (Å²) in [6, 6.07) is 9.49. The summed E-state index contributed by atoms with van der Waals surface area (Å²) in [4.78, 5) is 14.0. The van der Waals surface area contributed by atoms with Crippen molar-refractivity contribution in [2.45, 2.75) is 6.54 Å². The van der Waals surface area contributed by atoms with Crippen LogP contribution < -0.4 is 5.32 Å². The van der Waals surface area contributed by atoms with Gasteiger partial charge in [0.25, 0.3) is 0 Å². The quantitative estimate of drug-likeness (QED) is 0.586. The Kier molecular flexibility index (Phi) is 3.69. The van der Waals surface area contributed by atoms with E-state index in [1.165, 1.54) is 6.33 Å². The van der Waals surface area contributed by atoms with E-state index in [1.54, 1.807) is 17.6 Å². The minimum atomic E-state index is 0.517. The second-order valence-electron chi connectivity index (χ2n) is 4.86. The molecule has 7 heteroatoms. The van der Waals surface area contributed by atoms with Crippen LogP contribution in [-0.2, 0) is 6.54 Å². The van der Waals surface area contributed by atoms with Gasteiger partial charge in [0.2, 0.25) is 5.89 Å². The van der Waals surface area contributed by atoms with Gasteiger partial charge in [0.15, 0.2) is 0 Å². The summed E-state index contributed by atoms with van der Waals surface area (Å²) < 4.78 is 5.51. The van der Waals surface area contributed by atoms with Gasteiger partial charge in [0.1, 0.15) is 18.4 Å². The van der Waals surface area contributed by atoms with E-state index < -0.39 is 0 Å². The van der Waals surface area contributed by atoms with E-state index in [4.69, 9.17) is 16.0 Å². The Hall–Kier alpha value is -2.44. The lowest BCUT2D eigenvalue weighted by Gasteiger charge is -2.06. The van der Waals surface area contributed by atoms with E-state index in [0.717, 1.165) is 27.3 Å². The molecule has 4 aromatic rings. The third kappa shape index (κ3) is 2.91. The second-order valence-corrected chi connectivity index (χ2v) is 6.24. The Labute approximate surface area is 141 Å². The van der Waals surface area contributed by atoms with Crippen LogP contribution in [0.3, 0.4) is 0 Å². The highest BCUT2D eigenvalue weighted by Gasteiger charge is 2.09. The van der Waals surface area contributed by atoms with Crippen molar-refractivity contribution in [2.24, 2.45) is 0 Å². The maximum Gasteiger partial charge on any atom is 0.236 e. The second kappa shape index (κ2) is 5.98. The first-order valence-corrected chi connectivity index (χ1v) is 8.18. The zero-order chi connectivity index (χ0) is 15.6. The zero-order valence-corrected chi connectivity index (χ0v) is 13.4. The van der Waals surface area contributed by atoms with E-state index in [1.807, 2.05) is 35.7 Å². The average Bonchev–Trinajstić information content (AvgIpc) is 3.23. The molecule has 0 aliphatic heterocycles. The lowest BCUT2D eigenvalue weighted by Crippen LogP contribution is -2.02. The third-order valence-electron chi connectivity index (χ3n) is 3.32. The van der Waals surface area contributed by atoms with E-state index >= 15 is 0 Å². The summed E-state index contributed by atoms with van der Waals surface area (Å²) in [6.07, 6.45) is 3.17. The van der Waals surface area contributed by atoms with Crippen molar-refractivity contribution in [1.82, 2.24) is 15.0 Å². The summed E-state index contributed by atoms with van der Waals surface area (Å²) in [5.74, 6) is 1.38. The minimum Gasteiger partial charge on any atom is -0.443 e. The molecule has 3 aromatic heterocycles. The molecule has 0 saturated carbocycles. The largest absolute Gasteiger partial charge is 0.443 e. The fourth-order valence-corrected chi connectivity index (χ4v) is 3.07. The van der Waals surface area contributed by atoms with Gasteiger partial charge in [-0.2, -0.15) is 0 Å². The van der Waals surface area contributed by atoms with E-state index in [9.17, 15) is 0 Å². The highest BCUT2D eigenvalue weighted by molar-refractivity contribution is 7.13. The van der Waals surface area contributed by atoms with Gasteiger partial charge in [-0.3, -0.25) is 0 Å². The van der Waals surface area contributed by atoms with E-state index in [2.05, 4.69) is 20.3 Å². The summed E-state index contributed by atoms with van der Waals surface area (Å²) in [5.41, 5.74) is 1.61. The molecule has 0 fully saturated rings. The minimum absolute atomic E-state index is 0.517. The van der Waals surface area contributed by atoms with Crippen molar-refractivity contribution < 1.29 is 4.42 Å². The van der Waals surface area contributed by atoms with Gasteiger partial charge in [0, 0.05) is 10.4 Å². The molecule has 1 N–H and O–H groups in total. The third-order valence-corrected chi connectivity index (χ3v) is 4.41. The summed E-state index contributed by atoms with van der Waals surface area (Å²) in [7, 11) is 0. The van der Waals surface area contributed by atoms with Crippen molar-refractivity contribution in [2.75, 3.05) is 5.32 Å². The number of benzene rings is 1. The van der Waals surface area contributed by atoms with Gasteiger partial charge in [-0.1, -0.05) is 17.7 Å². The van der Waals surface area contributed by atoms with Gasteiger partial charge >= 0.3 is 0 Å². The molecule has 0 radical (unpaired) electrons.